The zero-order valence-electron chi connectivity index (χ0n) is 33.5. The number of hydrogen-bond donors (Lipinski definition) is 0. The second-order valence-corrected chi connectivity index (χ2v) is 15.5. The standard InChI is InChI=1S/C56H36N6/c1-4-16-37(17-5-1)41-23-15-25-44(35-41)61-50-28-11-10-26-45(50)46-30-31-47-48-36-42(40-22-14-24-43(34-40)49-27-12-13-33-57-49)29-32-51(48)62(53(47)52(46)61)56-59-54(38-18-6-2-7-19-38)58-55(60-56)39-20-8-3-9-21-39/h1-36H. The summed E-state index contributed by atoms with van der Waals surface area (Å²) >= 11 is 0. The van der Waals surface area contributed by atoms with Crippen LogP contribution in [0.4, 0.5) is 0 Å². The van der Waals surface area contributed by atoms with Gasteiger partial charge in [0.1, 0.15) is 0 Å². The van der Waals surface area contributed by atoms with E-state index in [4.69, 9.17) is 15.0 Å². The van der Waals surface area contributed by atoms with Crippen LogP contribution in [0.1, 0.15) is 0 Å². The largest absolute Gasteiger partial charge is 0.307 e. The molecule has 0 saturated heterocycles. The molecule has 12 aromatic rings. The fraction of sp³-hybridized carbons (Fsp3) is 0. The van der Waals surface area contributed by atoms with Crippen LogP contribution in [0.2, 0.25) is 0 Å². The summed E-state index contributed by atoms with van der Waals surface area (Å²) in [7, 11) is 0. The lowest BCUT2D eigenvalue weighted by atomic mass is 9.99. The first-order chi connectivity index (χ1) is 30.7. The Kier molecular flexibility index (Phi) is 8.38. The van der Waals surface area contributed by atoms with Crippen LogP contribution in [0.25, 0.3) is 112 Å². The van der Waals surface area contributed by atoms with E-state index in [0.29, 0.717) is 17.6 Å². The third-order valence-electron chi connectivity index (χ3n) is 11.8. The normalized spacial score (nSPS) is 11.5. The van der Waals surface area contributed by atoms with E-state index < -0.39 is 0 Å². The van der Waals surface area contributed by atoms with Gasteiger partial charge in [0.05, 0.1) is 27.8 Å². The van der Waals surface area contributed by atoms with Crippen molar-refractivity contribution in [1.82, 2.24) is 29.1 Å². The Morgan fingerprint density at radius 3 is 1.56 bits per heavy atom. The lowest BCUT2D eigenvalue weighted by Gasteiger charge is -2.14. The van der Waals surface area contributed by atoms with Crippen LogP contribution in [0.15, 0.2) is 219 Å². The fourth-order valence-electron chi connectivity index (χ4n) is 8.95. The third kappa shape index (κ3) is 5.96. The van der Waals surface area contributed by atoms with Crippen LogP contribution in [-0.4, -0.2) is 29.1 Å². The molecule has 0 bridgehead atoms. The van der Waals surface area contributed by atoms with Gasteiger partial charge >= 0.3 is 0 Å². The van der Waals surface area contributed by atoms with Crippen molar-refractivity contribution in [2.24, 2.45) is 0 Å². The summed E-state index contributed by atoms with van der Waals surface area (Å²) in [6.45, 7) is 0. The van der Waals surface area contributed by atoms with E-state index in [1.807, 2.05) is 54.7 Å². The molecular formula is C56H36N6. The van der Waals surface area contributed by atoms with Crippen LogP contribution in [0.3, 0.4) is 0 Å². The highest BCUT2D eigenvalue weighted by Crippen LogP contribution is 2.43. The van der Waals surface area contributed by atoms with E-state index >= 15 is 0 Å². The van der Waals surface area contributed by atoms with Crippen molar-refractivity contribution < 1.29 is 0 Å². The molecular weight excluding hydrogens is 757 g/mol. The summed E-state index contributed by atoms with van der Waals surface area (Å²) in [5, 5.41) is 4.51. The first-order valence-electron chi connectivity index (χ1n) is 20.8. The number of aromatic nitrogens is 6. The summed E-state index contributed by atoms with van der Waals surface area (Å²) < 4.78 is 4.68. The molecule has 4 aromatic heterocycles. The summed E-state index contributed by atoms with van der Waals surface area (Å²) in [5.41, 5.74) is 13.7. The molecule has 8 aromatic carbocycles. The number of rotatable bonds is 7. The van der Waals surface area contributed by atoms with E-state index in [0.717, 1.165) is 83.0 Å². The van der Waals surface area contributed by atoms with Crippen LogP contribution in [0.5, 0.6) is 0 Å². The van der Waals surface area contributed by atoms with Crippen molar-refractivity contribution in [3.05, 3.63) is 219 Å². The summed E-state index contributed by atoms with van der Waals surface area (Å²) in [5.74, 6) is 1.76. The molecule has 0 N–H and O–H groups in total. The molecule has 0 aliphatic rings. The van der Waals surface area contributed by atoms with E-state index in [9.17, 15) is 0 Å². The number of para-hydroxylation sites is 1. The third-order valence-corrected chi connectivity index (χ3v) is 11.8. The van der Waals surface area contributed by atoms with E-state index in [-0.39, 0.29) is 0 Å². The molecule has 4 heterocycles. The van der Waals surface area contributed by atoms with Gasteiger partial charge in [-0.1, -0.05) is 164 Å². The highest BCUT2D eigenvalue weighted by Gasteiger charge is 2.24. The molecule has 12 rings (SSSR count). The Morgan fingerprint density at radius 2 is 0.855 bits per heavy atom. The Balaban J connectivity index is 1.20. The SMILES string of the molecule is c1ccc(-c2cccc(-n3c4ccccc4c4ccc5c6cc(-c7cccc(-c8ccccn8)c7)ccc6n(-c6nc(-c7ccccc7)nc(-c7ccccc7)n6)c5c43)c2)cc1. The minimum Gasteiger partial charge on any atom is -0.307 e. The van der Waals surface area contributed by atoms with Crippen LogP contribution in [0, 0.1) is 0 Å². The zero-order valence-corrected chi connectivity index (χ0v) is 33.5. The molecule has 62 heavy (non-hydrogen) atoms. The van der Waals surface area contributed by atoms with Crippen molar-refractivity contribution in [1.29, 1.82) is 0 Å². The molecule has 0 aliphatic carbocycles. The molecule has 0 fully saturated rings. The van der Waals surface area contributed by atoms with Gasteiger partial charge < -0.3 is 4.57 Å². The predicted molar refractivity (Wildman–Crippen MR) is 253 cm³/mol. The Hall–Kier alpha value is -8.48. The molecule has 0 atom stereocenters. The fourth-order valence-corrected chi connectivity index (χ4v) is 8.95. The van der Waals surface area contributed by atoms with Crippen molar-refractivity contribution >= 4 is 43.6 Å². The highest BCUT2D eigenvalue weighted by atomic mass is 15.2. The maximum atomic E-state index is 5.34. The summed E-state index contributed by atoms with van der Waals surface area (Å²) in [6, 6.07) is 74.5. The molecule has 290 valence electrons. The number of fused-ring (bicyclic) bond motifs is 7. The molecule has 6 heteroatoms. The van der Waals surface area contributed by atoms with Gasteiger partial charge in [0.25, 0.3) is 0 Å². The summed E-state index contributed by atoms with van der Waals surface area (Å²) in [4.78, 5) is 20.4. The Labute approximate surface area is 357 Å². The number of pyridine rings is 1. The molecule has 6 nitrogen and oxygen atoms in total. The first-order valence-corrected chi connectivity index (χ1v) is 20.8. The van der Waals surface area contributed by atoms with Gasteiger partial charge in [0.15, 0.2) is 11.6 Å². The second kappa shape index (κ2) is 14.7. The minimum atomic E-state index is 0.546. The molecule has 0 saturated carbocycles. The number of benzene rings is 8. The topological polar surface area (TPSA) is 61.4 Å². The predicted octanol–water partition coefficient (Wildman–Crippen LogP) is 13.8. The van der Waals surface area contributed by atoms with E-state index in [1.54, 1.807) is 0 Å². The van der Waals surface area contributed by atoms with Crippen LogP contribution < -0.4 is 0 Å². The van der Waals surface area contributed by atoms with Crippen LogP contribution in [-0.2, 0) is 0 Å². The quantitative estimate of drug-likeness (QED) is 0.161. The van der Waals surface area contributed by atoms with Gasteiger partial charge in [-0.25, -0.2) is 4.98 Å². The number of hydrogen-bond acceptors (Lipinski definition) is 4. The zero-order chi connectivity index (χ0) is 41.0. The van der Waals surface area contributed by atoms with Crippen molar-refractivity contribution in [2.45, 2.75) is 0 Å². The van der Waals surface area contributed by atoms with E-state index in [1.165, 1.54) is 10.9 Å². The monoisotopic (exact) mass is 792 g/mol. The Morgan fingerprint density at radius 1 is 0.306 bits per heavy atom. The molecule has 0 aliphatic heterocycles. The molecule has 0 amide bonds. The van der Waals surface area contributed by atoms with Crippen molar-refractivity contribution in [3.63, 3.8) is 0 Å². The first kappa shape index (κ1) is 35.5. The van der Waals surface area contributed by atoms with Crippen molar-refractivity contribution in [3.8, 4) is 67.9 Å². The average Bonchev–Trinajstić information content (AvgIpc) is 3.88. The lowest BCUT2D eigenvalue weighted by molar-refractivity contribution is 0.953. The van der Waals surface area contributed by atoms with Crippen LogP contribution >= 0.6 is 0 Å². The highest BCUT2D eigenvalue weighted by molar-refractivity contribution is 6.24. The molecule has 0 spiro atoms. The smallest absolute Gasteiger partial charge is 0.238 e. The molecule has 0 radical (unpaired) electrons. The van der Waals surface area contributed by atoms with Crippen molar-refractivity contribution in [2.75, 3.05) is 0 Å². The lowest BCUT2D eigenvalue weighted by Crippen LogP contribution is -2.07. The van der Waals surface area contributed by atoms with Gasteiger partial charge in [-0.15, -0.1) is 0 Å². The molecule has 0 unspecified atom stereocenters. The van der Waals surface area contributed by atoms with Gasteiger partial charge in [-0.05, 0) is 70.8 Å². The Bertz CT molecular complexity index is 3560. The maximum absolute atomic E-state index is 5.34. The minimum absolute atomic E-state index is 0.546. The van der Waals surface area contributed by atoms with Gasteiger partial charge in [0, 0.05) is 50.1 Å². The van der Waals surface area contributed by atoms with Gasteiger partial charge in [-0.3, -0.25) is 9.55 Å². The number of nitrogens with zero attached hydrogens (tertiary/aromatic N) is 6. The van der Waals surface area contributed by atoms with Gasteiger partial charge in [-0.2, -0.15) is 9.97 Å². The second-order valence-electron chi connectivity index (χ2n) is 15.5. The van der Waals surface area contributed by atoms with Gasteiger partial charge in [0.2, 0.25) is 5.95 Å². The summed E-state index contributed by atoms with van der Waals surface area (Å²) in [6.07, 6.45) is 1.84. The maximum Gasteiger partial charge on any atom is 0.238 e. The average molecular weight is 793 g/mol. The van der Waals surface area contributed by atoms with E-state index in [2.05, 4.69) is 178 Å².